The lowest BCUT2D eigenvalue weighted by Crippen LogP contribution is -2.36. The van der Waals surface area contributed by atoms with Crippen molar-refractivity contribution in [3.8, 4) is 0 Å². The van der Waals surface area contributed by atoms with Gasteiger partial charge in [0.15, 0.2) is 0 Å². The first-order valence-corrected chi connectivity index (χ1v) is 12.5. The van der Waals surface area contributed by atoms with E-state index in [0.29, 0.717) is 23.9 Å². The minimum atomic E-state index is 0.125. The molecule has 3 heteroatoms. The molecule has 0 aromatic heterocycles. The van der Waals surface area contributed by atoms with Gasteiger partial charge in [0, 0.05) is 17.3 Å². The summed E-state index contributed by atoms with van der Waals surface area (Å²) in [7, 11) is 0. The standard InChI is InChI=1S/C28H34N2O/c31-28(29-22-10-6-1-2-7-11-22)21-14-15-24-23(17-21)25-19-12-13-20(16-19)26(25)27(30-24)18-8-4-3-5-9-18/h3-5,8-9,14-15,17,19-20,22,25-27,30H,1-2,6-7,10-13,16H2,(H,29,31)/t19-,20-,25-,26-,27-/m0/s1. The number of hydrogen-bond acceptors (Lipinski definition) is 2. The zero-order valence-electron chi connectivity index (χ0n) is 18.4. The van der Waals surface area contributed by atoms with Crippen LogP contribution in [0.4, 0.5) is 5.69 Å². The summed E-state index contributed by atoms with van der Waals surface area (Å²) < 4.78 is 0. The summed E-state index contributed by atoms with van der Waals surface area (Å²) in [5.74, 6) is 2.95. The molecule has 1 heterocycles. The van der Waals surface area contributed by atoms with Gasteiger partial charge in [0.25, 0.3) is 5.91 Å². The highest BCUT2D eigenvalue weighted by atomic mass is 16.1. The Morgan fingerprint density at radius 2 is 1.65 bits per heavy atom. The van der Waals surface area contributed by atoms with Gasteiger partial charge in [0.05, 0.1) is 6.04 Å². The number of amides is 1. The van der Waals surface area contributed by atoms with Gasteiger partial charge in [0.1, 0.15) is 0 Å². The Labute approximate surface area is 186 Å². The average Bonchev–Trinajstić information content (AvgIpc) is 3.34. The molecule has 1 aliphatic heterocycles. The van der Waals surface area contributed by atoms with E-state index in [0.717, 1.165) is 30.2 Å². The number of benzene rings is 2. The zero-order valence-corrected chi connectivity index (χ0v) is 18.4. The molecule has 2 aromatic carbocycles. The molecular formula is C28H34N2O. The van der Waals surface area contributed by atoms with Crippen molar-refractivity contribution < 1.29 is 4.79 Å². The molecule has 3 fully saturated rings. The van der Waals surface area contributed by atoms with Crippen molar-refractivity contribution in [3.63, 3.8) is 0 Å². The van der Waals surface area contributed by atoms with Gasteiger partial charge in [-0.2, -0.15) is 0 Å². The third-order valence-corrected chi connectivity index (χ3v) is 8.70. The molecule has 162 valence electrons. The molecule has 6 rings (SSSR count). The topological polar surface area (TPSA) is 41.1 Å². The SMILES string of the molecule is O=C(NC1CCCCCC1)c1ccc2c(c1)[C@@H]1[C@H]3CC[C@@H](C3)[C@@H]1[C@H](c1ccccc1)N2. The number of carbonyl (C=O) groups is 1. The van der Waals surface area contributed by atoms with E-state index < -0.39 is 0 Å². The molecule has 5 atom stereocenters. The Morgan fingerprint density at radius 3 is 2.45 bits per heavy atom. The second kappa shape index (κ2) is 8.00. The van der Waals surface area contributed by atoms with E-state index in [4.69, 9.17) is 0 Å². The third-order valence-electron chi connectivity index (χ3n) is 8.70. The Balaban J connectivity index is 1.30. The van der Waals surface area contributed by atoms with Crippen molar-refractivity contribution in [2.45, 2.75) is 75.8 Å². The molecule has 0 saturated heterocycles. The molecule has 31 heavy (non-hydrogen) atoms. The van der Waals surface area contributed by atoms with Gasteiger partial charge in [-0.3, -0.25) is 4.79 Å². The quantitative estimate of drug-likeness (QED) is 0.568. The number of nitrogens with one attached hydrogen (secondary N) is 2. The minimum absolute atomic E-state index is 0.125. The second-order valence-electron chi connectivity index (χ2n) is 10.4. The van der Waals surface area contributed by atoms with E-state index in [1.165, 1.54) is 61.8 Å². The van der Waals surface area contributed by atoms with E-state index in [1.54, 1.807) is 0 Å². The van der Waals surface area contributed by atoms with Crippen LogP contribution in [0, 0.1) is 17.8 Å². The molecule has 4 aliphatic rings. The highest BCUT2D eigenvalue weighted by Crippen LogP contribution is 2.63. The summed E-state index contributed by atoms with van der Waals surface area (Å²) in [6.45, 7) is 0. The fourth-order valence-corrected chi connectivity index (χ4v) is 7.31. The molecule has 3 aliphatic carbocycles. The van der Waals surface area contributed by atoms with Crippen LogP contribution in [0.3, 0.4) is 0 Å². The van der Waals surface area contributed by atoms with Crippen LogP contribution in [0.2, 0.25) is 0 Å². The summed E-state index contributed by atoms with van der Waals surface area (Å²) in [5, 5.41) is 7.24. The number of anilines is 1. The predicted molar refractivity (Wildman–Crippen MR) is 125 cm³/mol. The average molecular weight is 415 g/mol. The molecule has 1 amide bonds. The molecule has 2 aromatic rings. The maximum absolute atomic E-state index is 13.1. The van der Waals surface area contributed by atoms with E-state index in [1.807, 2.05) is 6.07 Å². The van der Waals surface area contributed by atoms with Crippen LogP contribution in [0.15, 0.2) is 48.5 Å². The smallest absolute Gasteiger partial charge is 0.251 e. The molecule has 0 spiro atoms. The van der Waals surface area contributed by atoms with Crippen LogP contribution in [0.5, 0.6) is 0 Å². The van der Waals surface area contributed by atoms with Crippen molar-refractivity contribution in [2.24, 2.45) is 17.8 Å². The molecular weight excluding hydrogens is 380 g/mol. The number of rotatable bonds is 3. The largest absolute Gasteiger partial charge is 0.378 e. The lowest BCUT2D eigenvalue weighted by atomic mass is 9.68. The normalized spacial score (nSPS) is 31.9. The van der Waals surface area contributed by atoms with E-state index in [9.17, 15) is 4.79 Å². The summed E-state index contributed by atoms with van der Waals surface area (Å²) in [4.78, 5) is 13.1. The van der Waals surface area contributed by atoms with Crippen LogP contribution >= 0.6 is 0 Å². The van der Waals surface area contributed by atoms with Crippen LogP contribution in [-0.4, -0.2) is 11.9 Å². The number of fused-ring (bicyclic) bond motifs is 7. The predicted octanol–water partition coefficient (Wildman–Crippen LogP) is 6.44. The molecule has 3 saturated carbocycles. The lowest BCUT2D eigenvalue weighted by Gasteiger charge is -2.43. The fourth-order valence-electron chi connectivity index (χ4n) is 7.31. The van der Waals surface area contributed by atoms with Crippen molar-refractivity contribution in [2.75, 3.05) is 5.32 Å². The van der Waals surface area contributed by atoms with Gasteiger partial charge in [-0.25, -0.2) is 0 Å². The van der Waals surface area contributed by atoms with Crippen molar-refractivity contribution in [3.05, 3.63) is 65.2 Å². The van der Waals surface area contributed by atoms with Crippen LogP contribution in [-0.2, 0) is 0 Å². The first-order chi connectivity index (χ1) is 15.3. The van der Waals surface area contributed by atoms with Crippen molar-refractivity contribution in [1.29, 1.82) is 0 Å². The zero-order chi connectivity index (χ0) is 20.8. The Morgan fingerprint density at radius 1 is 0.871 bits per heavy atom. The van der Waals surface area contributed by atoms with Gasteiger partial charge >= 0.3 is 0 Å². The van der Waals surface area contributed by atoms with Crippen molar-refractivity contribution >= 4 is 11.6 Å². The van der Waals surface area contributed by atoms with Crippen LogP contribution in [0.1, 0.15) is 91.2 Å². The Kier molecular flexibility index (Phi) is 5.01. The number of carbonyl (C=O) groups excluding carboxylic acids is 1. The van der Waals surface area contributed by atoms with Gasteiger partial charge in [-0.05, 0) is 85.1 Å². The van der Waals surface area contributed by atoms with E-state index in [2.05, 4.69) is 53.1 Å². The second-order valence-corrected chi connectivity index (χ2v) is 10.4. The highest BCUT2D eigenvalue weighted by molar-refractivity contribution is 5.95. The van der Waals surface area contributed by atoms with Crippen molar-refractivity contribution in [1.82, 2.24) is 5.32 Å². The van der Waals surface area contributed by atoms with E-state index >= 15 is 0 Å². The summed E-state index contributed by atoms with van der Waals surface area (Å²) >= 11 is 0. The maximum atomic E-state index is 13.1. The first-order valence-electron chi connectivity index (χ1n) is 12.5. The fraction of sp³-hybridized carbons (Fsp3) is 0.536. The maximum Gasteiger partial charge on any atom is 0.251 e. The molecule has 2 N–H and O–H groups in total. The van der Waals surface area contributed by atoms with Crippen LogP contribution < -0.4 is 10.6 Å². The number of hydrogen-bond donors (Lipinski definition) is 2. The van der Waals surface area contributed by atoms with Gasteiger partial charge in [-0.1, -0.05) is 56.0 Å². The Hall–Kier alpha value is -2.29. The van der Waals surface area contributed by atoms with E-state index in [-0.39, 0.29) is 5.91 Å². The molecule has 3 nitrogen and oxygen atoms in total. The third kappa shape index (κ3) is 3.46. The minimum Gasteiger partial charge on any atom is -0.378 e. The highest BCUT2D eigenvalue weighted by Gasteiger charge is 2.53. The Bertz CT molecular complexity index is 947. The van der Waals surface area contributed by atoms with Gasteiger partial charge < -0.3 is 10.6 Å². The molecule has 0 unspecified atom stereocenters. The summed E-state index contributed by atoms with van der Waals surface area (Å²) in [6.07, 6.45) is 11.4. The monoisotopic (exact) mass is 414 g/mol. The lowest BCUT2D eigenvalue weighted by molar-refractivity contribution is 0.0933. The molecule has 2 bridgehead atoms. The van der Waals surface area contributed by atoms with Gasteiger partial charge in [0.2, 0.25) is 0 Å². The van der Waals surface area contributed by atoms with Gasteiger partial charge in [-0.15, -0.1) is 0 Å². The molecule has 0 radical (unpaired) electrons. The summed E-state index contributed by atoms with van der Waals surface area (Å²) in [6, 6.07) is 18.2. The van der Waals surface area contributed by atoms with Crippen LogP contribution in [0.25, 0.3) is 0 Å². The first kappa shape index (κ1) is 19.4. The summed E-state index contributed by atoms with van der Waals surface area (Å²) in [5.41, 5.74) is 4.90.